The Morgan fingerprint density at radius 2 is 0.875 bits per heavy atom. The molecule has 0 unspecified atom stereocenters. The van der Waals surface area contributed by atoms with Crippen molar-refractivity contribution >= 4 is 0 Å². The van der Waals surface area contributed by atoms with E-state index >= 15 is 0 Å². The zero-order valence-corrected chi connectivity index (χ0v) is 9.84. The van der Waals surface area contributed by atoms with Gasteiger partial charge in [0.15, 0.2) is 0 Å². The first kappa shape index (κ1) is 16.0. The minimum Gasteiger partial charge on any atom is -0.358 e. The molecule has 0 nitrogen and oxygen atoms in total. The summed E-state index contributed by atoms with van der Waals surface area (Å²) in [5.74, 6) is 31.3. The molecule has 0 bridgehead atoms. The molecular weight excluding hydrogens is 231 g/mol. The summed E-state index contributed by atoms with van der Waals surface area (Å²) in [6, 6.07) is 0. The molecule has 16 heavy (non-hydrogen) atoms. The molecule has 0 N–H and O–H groups in total. The summed E-state index contributed by atoms with van der Waals surface area (Å²) in [7, 11) is 0. The summed E-state index contributed by atoms with van der Waals surface area (Å²) < 4.78 is 0. The predicted molar refractivity (Wildman–Crippen MR) is 59.5 cm³/mol. The van der Waals surface area contributed by atoms with Gasteiger partial charge in [-0.15, -0.1) is 5.92 Å². The first-order valence-corrected chi connectivity index (χ1v) is 3.75. The Morgan fingerprint density at radius 3 is 1.19 bits per heavy atom. The van der Waals surface area contributed by atoms with Crippen LogP contribution in [-0.4, -0.2) is 0 Å². The smallest absolute Gasteiger partial charge is 0 e. The van der Waals surface area contributed by atoms with Gasteiger partial charge in [-0.3, -0.25) is 5.92 Å². The summed E-state index contributed by atoms with van der Waals surface area (Å²) in [5.41, 5.74) is 0. The summed E-state index contributed by atoms with van der Waals surface area (Å²) in [6.45, 7) is 1.70. The van der Waals surface area contributed by atoms with Gasteiger partial charge in [-0.25, -0.2) is 5.92 Å². The van der Waals surface area contributed by atoms with Crippen molar-refractivity contribution in [1.29, 1.82) is 0 Å². The second-order valence-corrected chi connectivity index (χ2v) is 1.75. The van der Waals surface area contributed by atoms with E-state index in [0.717, 1.165) is 0 Å². The molecule has 0 rings (SSSR count). The van der Waals surface area contributed by atoms with Gasteiger partial charge < -0.3 is 6.42 Å². The topological polar surface area (TPSA) is 0 Å². The van der Waals surface area contributed by atoms with E-state index in [9.17, 15) is 0 Å². The van der Waals surface area contributed by atoms with E-state index in [1.165, 1.54) is 0 Å². The summed E-state index contributed by atoms with van der Waals surface area (Å²) in [6.07, 6.45) is 6.45. The first-order valence-electron chi connectivity index (χ1n) is 3.75. The van der Waals surface area contributed by atoms with Crippen molar-refractivity contribution in [2.45, 2.75) is 6.92 Å². The van der Waals surface area contributed by atoms with Gasteiger partial charge in [0, 0.05) is 18.6 Å². The summed E-state index contributed by atoms with van der Waals surface area (Å²) >= 11 is 0. The third-order valence-electron chi connectivity index (χ3n) is 0.812. The number of hydrogen-bond donors (Lipinski definition) is 0. The van der Waals surface area contributed by atoms with E-state index < -0.39 is 0 Å². The van der Waals surface area contributed by atoms with E-state index in [1.807, 2.05) is 5.92 Å². The van der Waals surface area contributed by atoms with Crippen molar-refractivity contribution in [2.24, 2.45) is 0 Å². The SMILES string of the molecule is [C-]#CC#CC#CC#CC#CC#CC#CC.[V]. The Balaban J connectivity index is 0. The Morgan fingerprint density at radius 1 is 0.562 bits per heavy atom. The minimum absolute atomic E-state index is 0. The number of hydrogen-bond acceptors (Lipinski definition) is 0. The van der Waals surface area contributed by atoms with Gasteiger partial charge in [-0.05, 0) is 60.2 Å². The molecule has 69 valence electrons. The molecule has 0 fully saturated rings. The molecule has 0 heterocycles. The van der Waals surface area contributed by atoms with Crippen molar-refractivity contribution in [3.8, 4) is 77.0 Å². The minimum atomic E-state index is 0. The van der Waals surface area contributed by atoms with Crippen molar-refractivity contribution < 1.29 is 18.6 Å². The van der Waals surface area contributed by atoms with Crippen molar-refractivity contribution in [3.63, 3.8) is 0 Å². The van der Waals surface area contributed by atoms with Crippen molar-refractivity contribution in [1.82, 2.24) is 0 Å². The maximum atomic E-state index is 6.45. The van der Waals surface area contributed by atoms with Crippen LogP contribution in [0.5, 0.6) is 0 Å². The van der Waals surface area contributed by atoms with Crippen LogP contribution in [0.25, 0.3) is 0 Å². The first-order chi connectivity index (χ1) is 7.41. The predicted octanol–water partition coefficient (Wildman–Crippen LogP) is 0.614. The fourth-order valence-corrected chi connectivity index (χ4v) is 0.375. The maximum absolute atomic E-state index is 6.45. The van der Waals surface area contributed by atoms with Crippen LogP contribution in [-0.2, 0) is 18.6 Å². The maximum Gasteiger partial charge on any atom is 0 e. The van der Waals surface area contributed by atoms with Gasteiger partial charge in [0.1, 0.15) is 0 Å². The quantitative estimate of drug-likeness (QED) is 0.425. The zero-order chi connectivity index (χ0) is 11.2. The van der Waals surface area contributed by atoms with Crippen molar-refractivity contribution in [2.75, 3.05) is 0 Å². The molecule has 0 aliphatic heterocycles. The molecule has 0 aliphatic rings. The fraction of sp³-hybridized carbons (Fsp3) is 0.0667. The molecule has 0 saturated carbocycles. The normalized spacial score (nSPS) is 3.50. The average molecular weight is 234 g/mol. The van der Waals surface area contributed by atoms with E-state index in [1.54, 1.807) is 6.92 Å². The van der Waals surface area contributed by atoms with Gasteiger partial charge >= 0.3 is 0 Å². The summed E-state index contributed by atoms with van der Waals surface area (Å²) in [4.78, 5) is 0. The second-order valence-electron chi connectivity index (χ2n) is 1.75. The van der Waals surface area contributed by atoms with Gasteiger partial charge in [0.25, 0.3) is 0 Å². The molecule has 0 spiro atoms. The largest absolute Gasteiger partial charge is 0.358 e. The molecule has 1 heteroatoms. The van der Waals surface area contributed by atoms with Gasteiger partial charge in [0.05, 0.1) is 0 Å². The average Bonchev–Trinajstić information content (AvgIpc) is 2.26. The van der Waals surface area contributed by atoms with Gasteiger partial charge in [-0.2, -0.15) is 0 Å². The molecule has 0 aromatic carbocycles. The molecular formula is C15H3V-. The van der Waals surface area contributed by atoms with E-state index in [2.05, 4.69) is 71.0 Å². The van der Waals surface area contributed by atoms with E-state index in [0.29, 0.717) is 0 Å². The Labute approximate surface area is 109 Å². The standard InChI is InChI=1S/C15H3.V/c1-3-5-7-9-11-13-15-14-12-10-8-6-4-2;/h1H3;/q-1;. The zero-order valence-electron chi connectivity index (χ0n) is 8.45. The van der Waals surface area contributed by atoms with Crippen LogP contribution in [0.3, 0.4) is 0 Å². The Hall–Kier alpha value is -2.50. The molecule has 0 saturated heterocycles. The second kappa shape index (κ2) is 15.0. The van der Waals surface area contributed by atoms with Gasteiger partial charge in [0.2, 0.25) is 0 Å². The molecule has 0 aliphatic carbocycles. The Kier molecular flexibility index (Phi) is 15.0. The van der Waals surface area contributed by atoms with E-state index in [-0.39, 0.29) is 18.6 Å². The van der Waals surface area contributed by atoms with Crippen LogP contribution in [0.4, 0.5) is 0 Å². The Bertz CT molecular complexity index is 619. The van der Waals surface area contributed by atoms with Crippen LogP contribution in [0.1, 0.15) is 6.92 Å². The fourth-order valence-electron chi connectivity index (χ4n) is 0.375. The molecule has 0 atom stereocenters. The summed E-state index contributed by atoms with van der Waals surface area (Å²) in [5, 5.41) is 0. The molecule has 0 aromatic heterocycles. The van der Waals surface area contributed by atoms with Crippen LogP contribution >= 0.6 is 0 Å². The van der Waals surface area contributed by atoms with Crippen LogP contribution < -0.4 is 0 Å². The third-order valence-corrected chi connectivity index (χ3v) is 0.812. The van der Waals surface area contributed by atoms with E-state index in [4.69, 9.17) is 6.42 Å². The third kappa shape index (κ3) is 14.1. The molecule has 0 amide bonds. The number of rotatable bonds is 0. The van der Waals surface area contributed by atoms with Crippen LogP contribution in [0.15, 0.2) is 0 Å². The molecule has 1 radical (unpaired) electrons. The van der Waals surface area contributed by atoms with Crippen LogP contribution in [0, 0.1) is 83.4 Å². The monoisotopic (exact) mass is 234 g/mol. The van der Waals surface area contributed by atoms with Gasteiger partial charge in [-0.1, -0.05) is 5.92 Å². The molecule has 0 aromatic rings. The van der Waals surface area contributed by atoms with Crippen LogP contribution in [0.2, 0.25) is 0 Å². The van der Waals surface area contributed by atoms with Crippen molar-refractivity contribution in [3.05, 3.63) is 6.42 Å².